The number of nitrogens with one attached hydrogen (secondary N) is 1. The minimum Gasteiger partial charge on any atom is -0.493 e. The molecule has 0 saturated carbocycles. The maximum Gasteiger partial charge on any atom is 0.208 e. The topological polar surface area (TPSA) is 54.7 Å². The maximum absolute atomic E-state index is 14.5. The number of aromatic nitrogens is 3. The molecule has 3 heterocycles. The molecule has 0 aliphatic carbocycles. The van der Waals surface area contributed by atoms with Gasteiger partial charge in [-0.2, -0.15) is 0 Å². The summed E-state index contributed by atoms with van der Waals surface area (Å²) in [7, 11) is 4.12. The number of ether oxygens (including phenoxy) is 1. The van der Waals surface area contributed by atoms with Crippen molar-refractivity contribution in [2.45, 2.75) is 26.4 Å². The molecule has 2 aromatic carbocycles. The first-order valence-electron chi connectivity index (χ1n) is 10.8. The Kier molecular flexibility index (Phi) is 5.27. The second-order valence-electron chi connectivity index (χ2n) is 8.46. The Bertz CT molecular complexity index is 1280. The van der Waals surface area contributed by atoms with Gasteiger partial charge in [0.05, 0.1) is 12.3 Å². The van der Waals surface area contributed by atoms with Gasteiger partial charge in [0.25, 0.3) is 0 Å². The van der Waals surface area contributed by atoms with Crippen molar-refractivity contribution in [2.75, 3.05) is 26.0 Å². The fraction of sp³-hybridized carbons (Fsp3) is 0.280. The van der Waals surface area contributed by atoms with Gasteiger partial charge in [-0.15, -0.1) is 0 Å². The molecule has 32 heavy (non-hydrogen) atoms. The zero-order chi connectivity index (χ0) is 22.2. The molecule has 0 fully saturated rings. The summed E-state index contributed by atoms with van der Waals surface area (Å²) >= 11 is 0. The van der Waals surface area contributed by atoms with Crippen molar-refractivity contribution >= 4 is 11.6 Å². The molecule has 0 unspecified atom stereocenters. The number of fused-ring (bicyclic) bond motifs is 2. The van der Waals surface area contributed by atoms with E-state index in [1.54, 1.807) is 6.07 Å². The van der Waals surface area contributed by atoms with E-state index in [4.69, 9.17) is 9.72 Å². The van der Waals surface area contributed by atoms with Crippen molar-refractivity contribution in [1.82, 2.24) is 19.3 Å². The second kappa shape index (κ2) is 8.24. The lowest BCUT2D eigenvalue weighted by molar-refractivity contribution is 0.356. The van der Waals surface area contributed by atoms with Crippen molar-refractivity contribution < 1.29 is 9.13 Å². The van der Waals surface area contributed by atoms with Gasteiger partial charge in [-0.3, -0.25) is 4.40 Å². The van der Waals surface area contributed by atoms with E-state index in [9.17, 15) is 4.39 Å². The monoisotopic (exact) mass is 431 g/mol. The summed E-state index contributed by atoms with van der Waals surface area (Å²) in [5.74, 6) is 1.17. The molecule has 1 aliphatic heterocycles. The number of aryl methyl sites for hydroxylation is 1. The first kappa shape index (κ1) is 20.5. The third-order valence-corrected chi connectivity index (χ3v) is 5.74. The first-order chi connectivity index (χ1) is 15.5. The van der Waals surface area contributed by atoms with E-state index in [0.717, 1.165) is 46.7 Å². The normalized spacial score (nSPS) is 12.9. The second-order valence-corrected chi connectivity index (χ2v) is 8.46. The molecule has 0 spiro atoms. The summed E-state index contributed by atoms with van der Waals surface area (Å²) in [5, 5.41) is 3.31. The van der Waals surface area contributed by atoms with Gasteiger partial charge < -0.3 is 15.0 Å². The van der Waals surface area contributed by atoms with Crippen LogP contribution in [0, 0.1) is 12.7 Å². The highest BCUT2D eigenvalue weighted by atomic mass is 19.1. The highest BCUT2D eigenvalue weighted by molar-refractivity contribution is 5.78. The third kappa shape index (κ3) is 3.80. The molecule has 0 amide bonds. The Morgan fingerprint density at radius 2 is 1.97 bits per heavy atom. The van der Waals surface area contributed by atoms with Crippen LogP contribution in [0.4, 0.5) is 10.3 Å². The third-order valence-electron chi connectivity index (χ3n) is 5.74. The molecular weight excluding hydrogens is 405 g/mol. The largest absolute Gasteiger partial charge is 0.493 e. The average Bonchev–Trinajstić information content (AvgIpc) is 3.39. The van der Waals surface area contributed by atoms with Crippen LogP contribution in [0.1, 0.15) is 22.4 Å². The predicted molar refractivity (Wildman–Crippen MR) is 123 cm³/mol. The molecular formula is C25H26FN5O. The quantitative estimate of drug-likeness (QED) is 0.489. The van der Waals surface area contributed by atoms with Crippen molar-refractivity contribution in [3.8, 4) is 16.9 Å². The standard InChI is InChI=1S/C25H26FN5O/c1-16-14-31-24(29-16)20(18-6-4-17(5-7-18)15-30(2)3)12-27-25(31)28-13-21-19-10-11-32-23(19)9-8-22(21)26/h4-9,12,14H,10-11,13,15H2,1-3H3,(H,27,28). The summed E-state index contributed by atoms with van der Waals surface area (Å²) in [6.07, 6.45) is 4.50. The highest BCUT2D eigenvalue weighted by Gasteiger charge is 2.20. The highest BCUT2D eigenvalue weighted by Crippen LogP contribution is 2.31. The SMILES string of the molecule is Cc1cn2c(NCc3c(F)ccc4c3CCO4)ncc(-c3ccc(CN(C)C)cc3)c2n1. The minimum absolute atomic E-state index is 0.228. The number of nitrogens with zero attached hydrogens (tertiary/aromatic N) is 4. The van der Waals surface area contributed by atoms with Gasteiger partial charge in [0.15, 0.2) is 0 Å². The molecule has 4 aromatic rings. The molecule has 7 heteroatoms. The Morgan fingerprint density at radius 1 is 1.16 bits per heavy atom. The summed E-state index contributed by atoms with van der Waals surface area (Å²) in [4.78, 5) is 11.5. The van der Waals surface area contributed by atoms with E-state index in [1.165, 1.54) is 11.6 Å². The Balaban J connectivity index is 1.46. The van der Waals surface area contributed by atoms with Crippen LogP contribution in [-0.2, 0) is 19.5 Å². The molecule has 5 rings (SSSR count). The van der Waals surface area contributed by atoms with E-state index in [2.05, 4.69) is 53.6 Å². The lowest BCUT2D eigenvalue weighted by Gasteiger charge is -2.13. The maximum atomic E-state index is 14.5. The summed E-state index contributed by atoms with van der Waals surface area (Å²) in [6.45, 7) is 3.78. The van der Waals surface area contributed by atoms with Gasteiger partial charge in [-0.25, -0.2) is 14.4 Å². The fourth-order valence-corrected chi connectivity index (χ4v) is 4.26. The number of rotatable bonds is 6. The lowest BCUT2D eigenvalue weighted by Crippen LogP contribution is -2.10. The number of halogens is 1. The molecule has 0 saturated heterocycles. The number of imidazole rings is 1. The van der Waals surface area contributed by atoms with Crippen LogP contribution in [0.5, 0.6) is 5.75 Å². The predicted octanol–water partition coefficient (Wildman–Crippen LogP) is 4.45. The van der Waals surface area contributed by atoms with Crippen LogP contribution in [-0.4, -0.2) is 40.0 Å². The van der Waals surface area contributed by atoms with E-state index in [-0.39, 0.29) is 5.82 Å². The number of anilines is 1. The van der Waals surface area contributed by atoms with Crippen molar-refractivity contribution in [3.63, 3.8) is 0 Å². The Morgan fingerprint density at radius 3 is 2.75 bits per heavy atom. The van der Waals surface area contributed by atoms with Crippen molar-refractivity contribution in [2.24, 2.45) is 0 Å². The van der Waals surface area contributed by atoms with Crippen LogP contribution >= 0.6 is 0 Å². The summed E-state index contributed by atoms with van der Waals surface area (Å²) in [5.41, 5.74) is 6.56. The summed E-state index contributed by atoms with van der Waals surface area (Å²) < 4.78 is 22.1. The van der Waals surface area contributed by atoms with Crippen LogP contribution in [0.3, 0.4) is 0 Å². The van der Waals surface area contributed by atoms with E-state index in [0.29, 0.717) is 24.7 Å². The Hall–Kier alpha value is -3.45. The number of hydrogen-bond donors (Lipinski definition) is 1. The number of hydrogen-bond acceptors (Lipinski definition) is 5. The van der Waals surface area contributed by atoms with Gasteiger partial charge in [0.1, 0.15) is 17.2 Å². The summed E-state index contributed by atoms with van der Waals surface area (Å²) in [6, 6.07) is 11.7. The molecule has 0 bridgehead atoms. The molecule has 1 aliphatic rings. The molecule has 2 aromatic heterocycles. The van der Waals surface area contributed by atoms with Crippen molar-refractivity contribution in [1.29, 1.82) is 0 Å². The van der Waals surface area contributed by atoms with Gasteiger partial charge >= 0.3 is 0 Å². The smallest absolute Gasteiger partial charge is 0.208 e. The molecule has 6 nitrogen and oxygen atoms in total. The average molecular weight is 432 g/mol. The zero-order valence-electron chi connectivity index (χ0n) is 18.5. The Labute approximate surface area is 186 Å². The lowest BCUT2D eigenvalue weighted by atomic mass is 10.0. The number of benzene rings is 2. The van der Waals surface area contributed by atoms with Gasteiger partial charge in [-0.05, 0) is 44.3 Å². The van der Waals surface area contributed by atoms with Gasteiger partial charge in [-0.1, -0.05) is 24.3 Å². The molecule has 164 valence electrons. The molecule has 1 N–H and O–H groups in total. The van der Waals surface area contributed by atoms with Crippen LogP contribution < -0.4 is 10.1 Å². The van der Waals surface area contributed by atoms with E-state index in [1.807, 2.05) is 23.7 Å². The molecule has 0 atom stereocenters. The van der Waals surface area contributed by atoms with Crippen LogP contribution in [0.2, 0.25) is 0 Å². The van der Waals surface area contributed by atoms with Crippen molar-refractivity contribution in [3.05, 3.63) is 77.0 Å². The van der Waals surface area contributed by atoms with Crippen LogP contribution in [0.25, 0.3) is 16.8 Å². The first-order valence-corrected chi connectivity index (χ1v) is 10.8. The fourth-order valence-electron chi connectivity index (χ4n) is 4.26. The zero-order valence-corrected chi connectivity index (χ0v) is 18.5. The van der Waals surface area contributed by atoms with Gasteiger partial charge in [0.2, 0.25) is 5.95 Å². The van der Waals surface area contributed by atoms with E-state index < -0.39 is 0 Å². The van der Waals surface area contributed by atoms with E-state index >= 15 is 0 Å². The minimum atomic E-state index is -0.228. The van der Waals surface area contributed by atoms with Crippen LogP contribution in [0.15, 0.2) is 48.8 Å². The van der Waals surface area contributed by atoms with Gasteiger partial charge in [0, 0.05) is 48.6 Å². The molecule has 0 radical (unpaired) electrons.